The number of rotatable bonds is 6. The molecule has 1 fully saturated rings. The van der Waals surface area contributed by atoms with E-state index in [-0.39, 0.29) is 0 Å². The summed E-state index contributed by atoms with van der Waals surface area (Å²) in [7, 11) is 0. The largest absolute Gasteiger partial charge is 0.492 e. The molecule has 0 unspecified atom stereocenters. The molecule has 0 atom stereocenters. The van der Waals surface area contributed by atoms with Crippen LogP contribution in [0.1, 0.15) is 5.69 Å². The number of anilines is 1. The molecule has 0 saturated carbocycles. The van der Waals surface area contributed by atoms with Crippen molar-refractivity contribution in [2.24, 2.45) is 0 Å². The molecule has 1 aliphatic heterocycles. The van der Waals surface area contributed by atoms with Gasteiger partial charge < -0.3 is 9.64 Å². The van der Waals surface area contributed by atoms with Crippen molar-refractivity contribution >= 4 is 5.82 Å². The smallest absolute Gasteiger partial charge is 0.158 e. The first-order chi connectivity index (χ1) is 13.3. The fourth-order valence-electron chi connectivity index (χ4n) is 3.19. The van der Waals surface area contributed by atoms with Crippen LogP contribution >= 0.6 is 0 Å². The lowest BCUT2D eigenvalue weighted by atomic mass is 10.3. The fourth-order valence-corrected chi connectivity index (χ4v) is 3.19. The number of nitrogens with zero attached hydrogens (tertiary/aromatic N) is 6. The minimum Gasteiger partial charge on any atom is -0.492 e. The van der Waals surface area contributed by atoms with Gasteiger partial charge in [-0.1, -0.05) is 18.2 Å². The Balaban J connectivity index is 1.29. The normalized spacial score (nSPS) is 15.1. The third kappa shape index (κ3) is 4.43. The van der Waals surface area contributed by atoms with Crippen LogP contribution in [0.5, 0.6) is 5.75 Å². The second kappa shape index (κ2) is 8.18. The van der Waals surface area contributed by atoms with Gasteiger partial charge in [0, 0.05) is 45.0 Å². The number of hydrogen-bond acceptors (Lipinski definition) is 6. The summed E-state index contributed by atoms with van der Waals surface area (Å²) >= 11 is 0. The number of ether oxygens (including phenoxy) is 1. The highest BCUT2D eigenvalue weighted by atomic mass is 16.5. The zero-order chi connectivity index (χ0) is 18.5. The van der Waals surface area contributed by atoms with Crippen molar-refractivity contribution in [2.75, 3.05) is 44.2 Å². The Morgan fingerprint density at radius 1 is 0.963 bits per heavy atom. The maximum atomic E-state index is 5.80. The first-order valence-electron chi connectivity index (χ1n) is 9.28. The Bertz CT molecular complexity index is 858. The summed E-state index contributed by atoms with van der Waals surface area (Å²) in [5.41, 5.74) is 0.974. The maximum absolute atomic E-state index is 5.80. The van der Waals surface area contributed by atoms with Crippen molar-refractivity contribution in [3.8, 4) is 11.6 Å². The molecule has 3 aromatic rings. The van der Waals surface area contributed by atoms with Gasteiger partial charge in [0.15, 0.2) is 5.82 Å². The van der Waals surface area contributed by atoms with E-state index in [1.54, 1.807) is 11.0 Å². The predicted molar refractivity (Wildman–Crippen MR) is 104 cm³/mol. The molecule has 7 nitrogen and oxygen atoms in total. The van der Waals surface area contributed by atoms with E-state index in [2.05, 4.69) is 24.9 Å². The van der Waals surface area contributed by atoms with E-state index in [4.69, 9.17) is 4.74 Å². The molecule has 0 bridgehead atoms. The molecule has 0 spiro atoms. The summed E-state index contributed by atoms with van der Waals surface area (Å²) in [5, 5.41) is 4.42. The molecule has 1 aromatic carbocycles. The third-order valence-electron chi connectivity index (χ3n) is 4.71. The molecule has 0 radical (unpaired) electrons. The SMILES string of the molecule is Cc1ccn(-c2cc(N3CCN(CCOc4ccccc4)CC3)ncn2)n1. The summed E-state index contributed by atoms with van der Waals surface area (Å²) < 4.78 is 7.59. The van der Waals surface area contributed by atoms with Crippen LogP contribution in [-0.4, -0.2) is 64.0 Å². The lowest BCUT2D eigenvalue weighted by molar-refractivity contribution is 0.200. The molecule has 1 aliphatic rings. The number of para-hydroxylation sites is 1. The average Bonchev–Trinajstić information content (AvgIpc) is 3.16. The summed E-state index contributed by atoms with van der Waals surface area (Å²) in [6.07, 6.45) is 3.54. The highest BCUT2D eigenvalue weighted by Crippen LogP contribution is 2.16. The molecule has 3 heterocycles. The van der Waals surface area contributed by atoms with Gasteiger partial charge in [0.1, 0.15) is 24.5 Å². The fraction of sp³-hybridized carbons (Fsp3) is 0.350. The maximum Gasteiger partial charge on any atom is 0.158 e. The second-order valence-electron chi connectivity index (χ2n) is 6.63. The van der Waals surface area contributed by atoms with E-state index >= 15 is 0 Å². The van der Waals surface area contributed by atoms with Gasteiger partial charge in [0.25, 0.3) is 0 Å². The van der Waals surface area contributed by atoms with Gasteiger partial charge in [-0.3, -0.25) is 4.90 Å². The quantitative estimate of drug-likeness (QED) is 0.668. The van der Waals surface area contributed by atoms with Crippen LogP contribution in [0.3, 0.4) is 0 Å². The zero-order valence-electron chi connectivity index (χ0n) is 15.5. The lowest BCUT2D eigenvalue weighted by Gasteiger charge is -2.35. The summed E-state index contributed by atoms with van der Waals surface area (Å²) in [6.45, 7) is 7.50. The first kappa shape index (κ1) is 17.5. The van der Waals surface area contributed by atoms with E-state index in [1.165, 1.54) is 0 Å². The summed E-state index contributed by atoms with van der Waals surface area (Å²) in [5.74, 6) is 2.68. The molecule has 1 saturated heterocycles. The second-order valence-corrected chi connectivity index (χ2v) is 6.63. The van der Waals surface area contributed by atoms with Crippen LogP contribution in [-0.2, 0) is 0 Å². The molecule has 2 aromatic heterocycles. The lowest BCUT2D eigenvalue weighted by Crippen LogP contribution is -2.47. The molecule has 4 rings (SSSR count). The van der Waals surface area contributed by atoms with Gasteiger partial charge in [0.2, 0.25) is 0 Å². The van der Waals surface area contributed by atoms with Crippen molar-refractivity contribution in [1.82, 2.24) is 24.6 Å². The standard InChI is InChI=1S/C20H24N6O/c1-17-7-8-26(23-17)20-15-19(21-16-22-20)25-11-9-24(10-12-25)13-14-27-18-5-3-2-4-6-18/h2-8,15-16H,9-14H2,1H3. The van der Waals surface area contributed by atoms with Crippen molar-refractivity contribution in [3.05, 3.63) is 60.7 Å². The van der Waals surface area contributed by atoms with E-state index < -0.39 is 0 Å². The van der Waals surface area contributed by atoms with Crippen molar-refractivity contribution in [3.63, 3.8) is 0 Å². The monoisotopic (exact) mass is 364 g/mol. The Kier molecular flexibility index (Phi) is 5.29. The summed E-state index contributed by atoms with van der Waals surface area (Å²) in [4.78, 5) is 13.5. The van der Waals surface area contributed by atoms with Gasteiger partial charge >= 0.3 is 0 Å². The molecule has 7 heteroatoms. The van der Waals surface area contributed by atoms with Crippen LogP contribution in [0, 0.1) is 6.92 Å². The minimum absolute atomic E-state index is 0.709. The van der Waals surface area contributed by atoms with Crippen LogP contribution < -0.4 is 9.64 Å². The molecule has 0 N–H and O–H groups in total. The van der Waals surface area contributed by atoms with Crippen LogP contribution in [0.2, 0.25) is 0 Å². The molecule has 0 amide bonds. The molecule has 140 valence electrons. The average molecular weight is 364 g/mol. The Hall–Kier alpha value is -2.93. The third-order valence-corrected chi connectivity index (χ3v) is 4.71. The Morgan fingerprint density at radius 3 is 2.48 bits per heavy atom. The summed E-state index contributed by atoms with van der Waals surface area (Å²) in [6, 6.07) is 13.9. The van der Waals surface area contributed by atoms with Gasteiger partial charge in [-0.2, -0.15) is 5.10 Å². The Morgan fingerprint density at radius 2 is 1.74 bits per heavy atom. The number of aryl methyl sites for hydroxylation is 1. The van der Waals surface area contributed by atoms with Gasteiger partial charge in [-0.25, -0.2) is 14.6 Å². The van der Waals surface area contributed by atoms with Crippen molar-refractivity contribution in [1.29, 1.82) is 0 Å². The number of hydrogen-bond donors (Lipinski definition) is 0. The van der Waals surface area contributed by atoms with E-state index in [9.17, 15) is 0 Å². The van der Waals surface area contributed by atoms with Crippen molar-refractivity contribution < 1.29 is 4.74 Å². The predicted octanol–water partition coefficient (Wildman–Crippen LogP) is 2.17. The van der Waals surface area contributed by atoms with Gasteiger partial charge in [-0.05, 0) is 25.1 Å². The van der Waals surface area contributed by atoms with Gasteiger partial charge in [0.05, 0.1) is 5.69 Å². The number of benzene rings is 1. The highest BCUT2D eigenvalue weighted by molar-refractivity contribution is 5.43. The van der Waals surface area contributed by atoms with Crippen LogP contribution in [0.15, 0.2) is 55.0 Å². The highest BCUT2D eigenvalue weighted by Gasteiger charge is 2.18. The zero-order valence-corrected chi connectivity index (χ0v) is 15.5. The topological polar surface area (TPSA) is 59.3 Å². The van der Waals surface area contributed by atoms with Gasteiger partial charge in [-0.15, -0.1) is 0 Å². The van der Waals surface area contributed by atoms with Crippen LogP contribution in [0.25, 0.3) is 5.82 Å². The first-order valence-corrected chi connectivity index (χ1v) is 9.28. The van der Waals surface area contributed by atoms with Crippen molar-refractivity contribution in [2.45, 2.75) is 6.92 Å². The molecule has 27 heavy (non-hydrogen) atoms. The van der Waals surface area contributed by atoms with Crippen LogP contribution in [0.4, 0.5) is 5.82 Å². The number of aromatic nitrogens is 4. The molecule has 0 aliphatic carbocycles. The van der Waals surface area contributed by atoms with E-state index in [1.807, 2.05) is 55.6 Å². The molecular formula is C20H24N6O. The Labute approximate surface area is 159 Å². The molecular weight excluding hydrogens is 340 g/mol. The number of piperazine rings is 1. The van der Waals surface area contributed by atoms with E-state index in [0.717, 1.165) is 55.8 Å². The van der Waals surface area contributed by atoms with E-state index in [0.29, 0.717) is 6.61 Å². The minimum atomic E-state index is 0.709.